The van der Waals surface area contributed by atoms with E-state index in [0.717, 1.165) is 0 Å². The van der Waals surface area contributed by atoms with Crippen LogP contribution in [0.5, 0.6) is 11.5 Å². The van der Waals surface area contributed by atoms with Gasteiger partial charge in [-0.2, -0.15) is 8.42 Å². The molecule has 0 aromatic heterocycles. The summed E-state index contributed by atoms with van der Waals surface area (Å²) in [7, 11) is -5.98. The zero-order valence-electron chi connectivity index (χ0n) is 18.3. The number of rotatable bonds is 7. The summed E-state index contributed by atoms with van der Waals surface area (Å²) in [6, 6.07) is 12.0. The van der Waals surface area contributed by atoms with Crippen molar-refractivity contribution in [2.75, 3.05) is 11.9 Å². The molecule has 0 aliphatic carbocycles. The molecule has 2 aromatic rings. The van der Waals surface area contributed by atoms with Crippen LogP contribution in [0.4, 0.5) is 10.5 Å². The van der Waals surface area contributed by atoms with Gasteiger partial charge in [-0.3, -0.25) is 0 Å². The molecule has 0 spiro atoms. The number of hydrogen-bond acceptors (Lipinski definition) is 5. The molecule has 0 heterocycles. The lowest BCUT2D eigenvalue weighted by molar-refractivity contribution is 0.252. The third kappa shape index (κ3) is 6.24. The van der Waals surface area contributed by atoms with Crippen LogP contribution in [-0.2, 0) is 10.1 Å². The van der Waals surface area contributed by atoms with Crippen LogP contribution in [-0.4, -0.2) is 29.3 Å². The van der Waals surface area contributed by atoms with Crippen LogP contribution in [0, 0.1) is 0 Å². The molecular weight excluding hydrogens is 420 g/mol. The van der Waals surface area contributed by atoms with Gasteiger partial charge in [-0.05, 0) is 73.6 Å². The van der Waals surface area contributed by atoms with E-state index in [1.54, 1.807) is 31.2 Å². The topological polar surface area (TPSA) is 93.7 Å². The van der Waals surface area contributed by atoms with Gasteiger partial charge in [0.05, 0.1) is 0 Å². The molecule has 2 aromatic carbocycles. The molecule has 7 nitrogen and oxygen atoms in total. The van der Waals surface area contributed by atoms with Crippen molar-refractivity contribution in [3.05, 3.63) is 48.5 Å². The summed E-state index contributed by atoms with van der Waals surface area (Å²) < 4.78 is 36.5. The minimum atomic E-state index is -4.00. The van der Waals surface area contributed by atoms with E-state index in [-0.39, 0.29) is 21.7 Å². The Kier molecular flexibility index (Phi) is 7.20. The fourth-order valence-corrected chi connectivity index (χ4v) is 4.19. The first kappa shape index (κ1) is 23.8. The van der Waals surface area contributed by atoms with Crippen molar-refractivity contribution in [2.24, 2.45) is 0 Å². The predicted molar refractivity (Wildman–Crippen MR) is 121 cm³/mol. The molecule has 0 aliphatic rings. The Morgan fingerprint density at radius 2 is 1.50 bits per heavy atom. The summed E-state index contributed by atoms with van der Waals surface area (Å²) in [5, 5.41) is 5.27. The molecule has 0 atom stereocenters. The molecule has 0 radical (unpaired) electrons. The number of benzene rings is 2. The second kappa shape index (κ2) is 9.09. The van der Waals surface area contributed by atoms with Crippen molar-refractivity contribution in [1.29, 1.82) is 0 Å². The number of amides is 2. The number of anilines is 1. The summed E-state index contributed by atoms with van der Waals surface area (Å²) in [6.07, 6.45) is 0. The summed E-state index contributed by atoms with van der Waals surface area (Å²) in [4.78, 5) is 11.5. The van der Waals surface area contributed by atoms with Gasteiger partial charge in [-0.1, -0.05) is 20.8 Å². The number of urea groups is 1. The zero-order valence-corrected chi connectivity index (χ0v) is 20.1. The lowest BCUT2D eigenvalue weighted by atomic mass is 10.2. The van der Waals surface area contributed by atoms with E-state index in [9.17, 15) is 13.2 Å². The molecule has 2 rings (SSSR count). The molecular formula is C21H30N2O5SSi. The van der Waals surface area contributed by atoms with Crippen LogP contribution >= 0.6 is 0 Å². The number of nitrogens with one attached hydrogen (secondary N) is 2. The van der Waals surface area contributed by atoms with Crippen molar-refractivity contribution in [2.45, 2.75) is 50.7 Å². The van der Waals surface area contributed by atoms with Gasteiger partial charge in [0.2, 0.25) is 8.32 Å². The Morgan fingerprint density at radius 1 is 0.967 bits per heavy atom. The summed E-state index contributed by atoms with van der Waals surface area (Å²) in [5.41, 5.74) is 0.479. The van der Waals surface area contributed by atoms with Crippen LogP contribution in [0.25, 0.3) is 0 Å². The Hall–Kier alpha value is -2.52. The van der Waals surface area contributed by atoms with E-state index in [0.29, 0.717) is 18.0 Å². The maximum atomic E-state index is 12.5. The van der Waals surface area contributed by atoms with E-state index < -0.39 is 18.4 Å². The van der Waals surface area contributed by atoms with Crippen molar-refractivity contribution >= 4 is 30.2 Å². The largest absolute Gasteiger partial charge is 0.543 e. The van der Waals surface area contributed by atoms with E-state index >= 15 is 0 Å². The third-order valence-electron chi connectivity index (χ3n) is 4.95. The highest BCUT2D eigenvalue weighted by Crippen LogP contribution is 2.37. The van der Waals surface area contributed by atoms with Crippen molar-refractivity contribution in [3.8, 4) is 11.5 Å². The molecule has 0 aliphatic heterocycles. The molecule has 0 bridgehead atoms. The summed E-state index contributed by atoms with van der Waals surface area (Å²) in [6.45, 7) is 13.0. The van der Waals surface area contributed by atoms with Gasteiger partial charge in [-0.15, -0.1) is 0 Å². The number of carbonyl (C=O) groups excluding carboxylic acids is 1. The minimum absolute atomic E-state index is 0.00875. The normalized spacial score (nSPS) is 12.2. The second-order valence-corrected chi connectivity index (χ2v) is 14.7. The van der Waals surface area contributed by atoms with Crippen LogP contribution in [0.15, 0.2) is 53.4 Å². The second-order valence-electron chi connectivity index (χ2n) is 8.38. The first-order valence-electron chi connectivity index (χ1n) is 9.72. The van der Waals surface area contributed by atoms with E-state index in [1.165, 1.54) is 24.3 Å². The minimum Gasteiger partial charge on any atom is -0.543 e. The Labute approximate surface area is 180 Å². The Bertz CT molecular complexity index is 966. The molecule has 0 unspecified atom stereocenters. The first-order chi connectivity index (χ1) is 13.8. The SMILES string of the molecule is CCNC(=O)Nc1ccc(S(=O)(=O)Oc2ccc(O[Si](C)(C)C(C)(C)C)cc2)cc1. The maximum absolute atomic E-state index is 12.5. The van der Waals surface area contributed by atoms with Crippen LogP contribution in [0.3, 0.4) is 0 Å². The number of carbonyl (C=O) groups is 1. The van der Waals surface area contributed by atoms with E-state index in [1.807, 2.05) is 0 Å². The maximum Gasteiger partial charge on any atom is 0.339 e. The van der Waals surface area contributed by atoms with Crippen molar-refractivity contribution < 1.29 is 21.8 Å². The van der Waals surface area contributed by atoms with Gasteiger partial charge in [0.15, 0.2) is 0 Å². The molecule has 164 valence electrons. The van der Waals surface area contributed by atoms with Crippen LogP contribution in [0.1, 0.15) is 27.7 Å². The highest BCUT2D eigenvalue weighted by atomic mass is 32.2. The van der Waals surface area contributed by atoms with Gasteiger partial charge >= 0.3 is 16.1 Å². The Morgan fingerprint density at radius 3 is 2.00 bits per heavy atom. The average molecular weight is 451 g/mol. The molecule has 0 saturated carbocycles. The predicted octanol–water partition coefficient (Wildman–Crippen LogP) is 4.98. The number of hydrogen-bond donors (Lipinski definition) is 2. The van der Waals surface area contributed by atoms with Crippen LogP contribution < -0.4 is 19.2 Å². The molecule has 2 N–H and O–H groups in total. The molecule has 30 heavy (non-hydrogen) atoms. The van der Waals surface area contributed by atoms with Crippen molar-refractivity contribution in [3.63, 3.8) is 0 Å². The van der Waals surface area contributed by atoms with Gasteiger partial charge in [0.1, 0.15) is 16.4 Å². The highest BCUT2D eigenvalue weighted by Gasteiger charge is 2.38. The van der Waals surface area contributed by atoms with Gasteiger partial charge in [0.25, 0.3) is 0 Å². The lowest BCUT2D eigenvalue weighted by Crippen LogP contribution is -2.43. The first-order valence-corrected chi connectivity index (χ1v) is 14.0. The summed E-state index contributed by atoms with van der Waals surface area (Å²) >= 11 is 0. The van der Waals surface area contributed by atoms with Gasteiger partial charge < -0.3 is 19.2 Å². The molecule has 0 fully saturated rings. The standard InChI is InChI=1S/C21H30N2O5SSi/c1-7-22-20(24)23-16-8-14-19(15-9-16)29(25,26)27-17-10-12-18(13-11-17)28-30(5,6)21(2,3)4/h8-15H,7H2,1-6H3,(H2,22,23,24). The molecule has 0 saturated heterocycles. The monoisotopic (exact) mass is 450 g/mol. The van der Waals surface area contributed by atoms with Gasteiger partial charge in [-0.25, -0.2) is 4.79 Å². The molecule has 9 heteroatoms. The third-order valence-corrected chi connectivity index (χ3v) is 10.6. The Balaban J connectivity index is 2.07. The smallest absolute Gasteiger partial charge is 0.339 e. The quantitative estimate of drug-likeness (QED) is 0.458. The zero-order chi connectivity index (χ0) is 22.6. The van der Waals surface area contributed by atoms with Crippen LogP contribution in [0.2, 0.25) is 18.1 Å². The highest BCUT2D eigenvalue weighted by molar-refractivity contribution is 7.87. The van der Waals surface area contributed by atoms with Gasteiger partial charge in [0, 0.05) is 12.2 Å². The van der Waals surface area contributed by atoms with E-state index in [2.05, 4.69) is 44.5 Å². The molecule has 2 amide bonds. The van der Waals surface area contributed by atoms with E-state index in [4.69, 9.17) is 8.61 Å². The lowest BCUT2D eigenvalue weighted by Gasteiger charge is -2.36. The summed E-state index contributed by atoms with van der Waals surface area (Å²) in [5.74, 6) is 0.884. The fraction of sp³-hybridized carbons (Fsp3) is 0.381. The fourth-order valence-electron chi connectivity index (χ4n) is 2.23. The average Bonchev–Trinajstić information content (AvgIpc) is 2.62. The van der Waals surface area contributed by atoms with Crippen molar-refractivity contribution in [1.82, 2.24) is 5.32 Å².